The van der Waals surface area contributed by atoms with Crippen molar-refractivity contribution >= 4 is 22.9 Å². The van der Waals surface area contributed by atoms with Crippen molar-refractivity contribution in [3.63, 3.8) is 0 Å². The number of fused-ring (bicyclic) bond motifs is 3. The van der Waals surface area contributed by atoms with E-state index in [1.807, 2.05) is 48.0 Å². The van der Waals surface area contributed by atoms with Gasteiger partial charge in [0.1, 0.15) is 5.67 Å². The van der Waals surface area contributed by atoms with E-state index in [1.165, 1.54) is 0 Å². The minimum absolute atomic E-state index is 0.00642. The van der Waals surface area contributed by atoms with Gasteiger partial charge in [0, 0.05) is 31.8 Å². The van der Waals surface area contributed by atoms with Gasteiger partial charge < -0.3 is 15.1 Å². The van der Waals surface area contributed by atoms with Crippen molar-refractivity contribution in [2.75, 3.05) is 31.6 Å². The van der Waals surface area contributed by atoms with E-state index < -0.39 is 11.7 Å². The molecular formula is C27H35FN6O. The van der Waals surface area contributed by atoms with E-state index >= 15 is 4.39 Å². The Hall–Kier alpha value is -3.00. The molecule has 5 rings (SSSR count). The number of benzene rings is 1. The highest BCUT2D eigenvalue weighted by Gasteiger charge is 2.37. The van der Waals surface area contributed by atoms with E-state index in [0.29, 0.717) is 12.3 Å². The molecule has 2 aromatic heterocycles. The molecule has 0 bridgehead atoms. The Labute approximate surface area is 206 Å². The Morgan fingerprint density at radius 2 is 2.09 bits per heavy atom. The number of hydrogen-bond donors (Lipinski definition) is 1. The van der Waals surface area contributed by atoms with Gasteiger partial charge in [-0.05, 0) is 76.7 Å². The third kappa shape index (κ3) is 4.63. The zero-order chi connectivity index (χ0) is 24.7. The lowest BCUT2D eigenvalue weighted by atomic mass is 9.91. The molecule has 1 saturated heterocycles. The normalized spacial score (nSPS) is 19.1. The lowest BCUT2D eigenvalue weighted by Gasteiger charge is -2.36. The van der Waals surface area contributed by atoms with Crippen LogP contribution in [-0.4, -0.2) is 57.8 Å². The van der Waals surface area contributed by atoms with Gasteiger partial charge in [0.15, 0.2) is 5.65 Å². The molecule has 1 unspecified atom stereocenters. The van der Waals surface area contributed by atoms with Gasteiger partial charge in [-0.3, -0.25) is 4.79 Å². The summed E-state index contributed by atoms with van der Waals surface area (Å²) in [5.74, 6) is 0.321. The second kappa shape index (κ2) is 9.22. The average Bonchev–Trinajstić information content (AvgIpc) is 3.47. The van der Waals surface area contributed by atoms with Crippen LogP contribution >= 0.6 is 0 Å². The number of aryl methyl sites for hydroxylation is 2. The summed E-state index contributed by atoms with van der Waals surface area (Å²) in [7, 11) is 1.73. The lowest BCUT2D eigenvalue weighted by Crippen LogP contribution is -2.41. The van der Waals surface area contributed by atoms with Gasteiger partial charge in [0.25, 0.3) is 0 Å². The quantitative estimate of drug-likeness (QED) is 0.570. The van der Waals surface area contributed by atoms with Crippen LogP contribution in [0.2, 0.25) is 0 Å². The van der Waals surface area contributed by atoms with E-state index in [9.17, 15) is 4.79 Å². The van der Waals surface area contributed by atoms with Gasteiger partial charge in [-0.1, -0.05) is 12.1 Å². The first kappa shape index (κ1) is 23.7. The molecule has 1 amide bonds. The predicted octanol–water partition coefficient (Wildman–Crippen LogP) is 4.37. The highest BCUT2D eigenvalue weighted by atomic mass is 19.1. The van der Waals surface area contributed by atoms with Crippen LogP contribution < -0.4 is 10.2 Å². The minimum Gasteiger partial charge on any atom is -0.339 e. The Kier molecular flexibility index (Phi) is 6.25. The van der Waals surface area contributed by atoms with Crippen molar-refractivity contribution in [1.82, 2.24) is 24.8 Å². The number of halogens is 1. The lowest BCUT2D eigenvalue weighted by molar-refractivity contribution is -0.136. The van der Waals surface area contributed by atoms with Gasteiger partial charge in [-0.2, -0.15) is 5.10 Å². The second-order valence-corrected chi connectivity index (χ2v) is 10.5. The molecular weight excluding hydrogens is 443 g/mol. The maximum atomic E-state index is 15.4. The fourth-order valence-electron chi connectivity index (χ4n) is 5.68. The first-order chi connectivity index (χ1) is 16.7. The summed E-state index contributed by atoms with van der Waals surface area (Å²) in [6, 6.07) is 9.32. The summed E-state index contributed by atoms with van der Waals surface area (Å²) >= 11 is 0. The zero-order valence-electron chi connectivity index (χ0n) is 21.1. The molecule has 2 aliphatic rings. The molecule has 1 aromatic carbocycles. The van der Waals surface area contributed by atoms with Crippen LogP contribution in [0.3, 0.4) is 0 Å². The van der Waals surface area contributed by atoms with Gasteiger partial charge in [-0.25, -0.2) is 13.9 Å². The van der Waals surface area contributed by atoms with Crippen LogP contribution in [0.25, 0.3) is 5.65 Å². The SMILES string of the molecule is Cc1cc2ncc3c(n2n1)CCCN3c1ccc([C@H](N(C)C(=O)CC2CCNC2)C(C)(C)F)cc1. The number of aromatic nitrogens is 3. The molecule has 7 nitrogen and oxygen atoms in total. The number of amides is 1. The molecule has 2 atom stereocenters. The average molecular weight is 479 g/mol. The van der Waals surface area contributed by atoms with Crippen LogP contribution in [-0.2, 0) is 11.2 Å². The molecule has 3 aromatic rings. The largest absolute Gasteiger partial charge is 0.339 e. The molecule has 0 spiro atoms. The Bertz CT molecular complexity index is 1210. The molecule has 1 N–H and O–H groups in total. The smallest absolute Gasteiger partial charge is 0.223 e. The Morgan fingerprint density at radius 3 is 2.77 bits per heavy atom. The number of alkyl halides is 1. The van der Waals surface area contributed by atoms with Gasteiger partial charge in [-0.15, -0.1) is 0 Å². The number of anilines is 2. The summed E-state index contributed by atoms with van der Waals surface area (Å²) in [4.78, 5) is 21.5. The zero-order valence-corrected chi connectivity index (χ0v) is 21.1. The molecule has 0 saturated carbocycles. The summed E-state index contributed by atoms with van der Waals surface area (Å²) in [6.45, 7) is 7.77. The number of nitrogens with one attached hydrogen (secondary N) is 1. The number of carbonyl (C=O) groups is 1. The fraction of sp³-hybridized carbons (Fsp3) is 0.519. The van der Waals surface area contributed by atoms with Crippen molar-refractivity contribution in [2.45, 2.75) is 58.2 Å². The summed E-state index contributed by atoms with van der Waals surface area (Å²) in [5, 5.41) is 7.94. The highest BCUT2D eigenvalue weighted by Crippen LogP contribution is 2.38. The monoisotopic (exact) mass is 478 g/mol. The predicted molar refractivity (Wildman–Crippen MR) is 136 cm³/mol. The number of carbonyl (C=O) groups excluding carboxylic acids is 1. The van der Waals surface area contributed by atoms with Crippen molar-refractivity contribution in [3.8, 4) is 0 Å². The van der Waals surface area contributed by atoms with Gasteiger partial charge in [0.2, 0.25) is 5.91 Å². The topological polar surface area (TPSA) is 65.8 Å². The first-order valence-corrected chi connectivity index (χ1v) is 12.6. The first-order valence-electron chi connectivity index (χ1n) is 12.6. The van der Waals surface area contributed by atoms with Crippen LogP contribution in [0.4, 0.5) is 15.8 Å². The standard InChI is InChI=1S/C27H35FN6O/c1-18-14-24-30-17-23-22(34(24)31-18)6-5-13-33(23)21-9-7-20(8-10-21)26(27(2,3)28)32(4)25(35)15-19-11-12-29-16-19/h7-10,14,17,19,26,29H,5-6,11-13,15-16H2,1-4H3/t19?,26-/m0/s1. The highest BCUT2D eigenvalue weighted by molar-refractivity contribution is 5.77. The van der Waals surface area contributed by atoms with E-state index in [1.54, 1.807) is 25.8 Å². The van der Waals surface area contributed by atoms with Gasteiger partial charge >= 0.3 is 0 Å². The number of nitrogens with zero attached hydrogens (tertiary/aromatic N) is 5. The van der Waals surface area contributed by atoms with E-state index in [-0.39, 0.29) is 5.91 Å². The van der Waals surface area contributed by atoms with E-state index in [4.69, 9.17) is 0 Å². The molecule has 186 valence electrons. The summed E-state index contributed by atoms with van der Waals surface area (Å²) in [5.41, 5.74) is 4.29. The van der Waals surface area contributed by atoms with Crippen molar-refractivity contribution in [3.05, 3.63) is 53.5 Å². The minimum atomic E-state index is -1.58. The number of rotatable bonds is 6. The van der Waals surface area contributed by atoms with Crippen molar-refractivity contribution in [1.29, 1.82) is 0 Å². The van der Waals surface area contributed by atoms with Crippen molar-refractivity contribution in [2.24, 2.45) is 5.92 Å². The molecule has 8 heteroatoms. The van der Waals surface area contributed by atoms with E-state index in [2.05, 4.69) is 20.3 Å². The Morgan fingerprint density at radius 1 is 1.31 bits per heavy atom. The molecule has 1 fully saturated rings. The molecule has 4 heterocycles. The van der Waals surface area contributed by atoms with Crippen molar-refractivity contribution < 1.29 is 9.18 Å². The maximum Gasteiger partial charge on any atom is 0.223 e. The number of hydrogen-bond acceptors (Lipinski definition) is 5. The van der Waals surface area contributed by atoms with Gasteiger partial charge in [0.05, 0.1) is 29.3 Å². The molecule has 35 heavy (non-hydrogen) atoms. The third-order valence-corrected chi connectivity index (χ3v) is 7.35. The molecule has 2 aliphatic heterocycles. The molecule has 0 aliphatic carbocycles. The van der Waals surface area contributed by atoms with E-state index in [0.717, 1.165) is 72.9 Å². The van der Waals surface area contributed by atoms with Crippen LogP contribution in [0.15, 0.2) is 36.5 Å². The maximum absolute atomic E-state index is 15.4. The summed E-state index contributed by atoms with van der Waals surface area (Å²) < 4.78 is 17.4. The Balaban J connectivity index is 1.41. The van der Waals surface area contributed by atoms with Crippen LogP contribution in [0.5, 0.6) is 0 Å². The third-order valence-electron chi connectivity index (χ3n) is 7.35. The summed E-state index contributed by atoms with van der Waals surface area (Å²) in [6.07, 6.45) is 5.34. The van der Waals surface area contributed by atoms with Crippen LogP contribution in [0, 0.1) is 12.8 Å². The molecule has 0 radical (unpaired) electrons. The second-order valence-electron chi connectivity index (χ2n) is 10.5. The fourth-order valence-corrected chi connectivity index (χ4v) is 5.68. The van der Waals surface area contributed by atoms with Crippen LogP contribution in [0.1, 0.15) is 56.1 Å².